The number of hydrogen-bond donors (Lipinski definition) is 1. The van der Waals surface area contributed by atoms with Gasteiger partial charge in [-0.2, -0.15) is 0 Å². The van der Waals surface area contributed by atoms with E-state index in [-0.39, 0.29) is 11.7 Å². The Morgan fingerprint density at radius 3 is 2.62 bits per heavy atom. The highest BCUT2D eigenvalue weighted by Gasteiger charge is 2.12. The fourth-order valence-electron chi connectivity index (χ4n) is 1.24. The lowest BCUT2D eigenvalue weighted by atomic mass is 10.2. The zero-order valence-corrected chi connectivity index (χ0v) is 11.3. The average Bonchev–Trinajstić information content (AvgIpc) is 2.14. The van der Waals surface area contributed by atoms with E-state index in [1.807, 2.05) is 24.3 Å². The molecule has 0 saturated carbocycles. The quantitative estimate of drug-likeness (QED) is 0.901. The summed E-state index contributed by atoms with van der Waals surface area (Å²) in [6, 6.07) is 7.41. The van der Waals surface area contributed by atoms with Gasteiger partial charge in [0.25, 0.3) is 0 Å². The molecule has 0 aliphatic carbocycles. The summed E-state index contributed by atoms with van der Waals surface area (Å²) >= 11 is 3.34. The standard InChI is InChI=1S/C10H14BrNO3S/c1-8(7-16(12,13)14)6-15-10-5-3-2-4-9(10)11/h2-5,8H,6-7H2,1H3,(H2,12,13,14). The Bertz CT molecular complexity index is 447. The number of ether oxygens (including phenoxy) is 1. The Morgan fingerprint density at radius 2 is 2.06 bits per heavy atom. The monoisotopic (exact) mass is 307 g/mol. The zero-order valence-electron chi connectivity index (χ0n) is 8.89. The van der Waals surface area contributed by atoms with E-state index in [4.69, 9.17) is 9.88 Å². The van der Waals surface area contributed by atoms with Crippen LogP contribution in [0.1, 0.15) is 6.92 Å². The van der Waals surface area contributed by atoms with Crippen LogP contribution in [0.3, 0.4) is 0 Å². The minimum Gasteiger partial charge on any atom is -0.492 e. The summed E-state index contributed by atoms with van der Waals surface area (Å²) in [7, 11) is -3.43. The van der Waals surface area contributed by atoms with Crippen LogP contribution >= 0.6 is 15.9 Å². The van der Waals surface area contributed by atoms with Gasteiger partial charge in [0.2, 0.25) is 10.0 Å². The molecule has 0 radical (unpaired) electrons. The molecule has 1 atom stereocenters. The fourth-order valence-corrected chi connectivity index (χ4v) is 2.53. The summed E-state index contributed by atoms with van der Waals surface area (Å²) < 4.78 is 28.0. The van der Waals surface area contributed by atoms with Crippen LogP contribution in [-0.4, -0.2) is 20.8 Å². The Kier molecular flexibility index (Phi) is 4.76. The summed E-state index contributed by atoms with van der Waals surface area (Å²) in [5.74, 6) is 0.489. The normalized spacial score (nSPS) is 13.4. The summed E-state index contributed by atoms with van der Waals surface area (Å²) in [4.78, 5) is 0. The van der Waals surface area contributed by atoms with E-state index in [1.54, 1.807) is 6.92 Å². The van der Waals surface area contributed by atoms with Crippen LogP contribution in [0.25, 0.3) is 0 Å². The molecule has 0 spiro atoms. The lowest BCUT2D eigenvalue weighted by Crippen LogP contribution is -2.25. The Hall–Kier alpha value is -0.590. The van der Waals surface area contributed by atoms with E-state index in [2.05, 4.69) is 15.9 Å². The van der Waals surface area contributed by atoms with Crippen LogP contribution in [0.2, 0.25) is 0 Å². The molecule has 1 rings (SSSR count). The van der Waals surface area contributed by atoms with Gasteiger partial charge in [-0.15, -0.1) is 0 Å². The molecule has 1 aromatic carbocycles. The van der Waals surface area contributed by atoms with E-state index < -0.39 is 10.0 Å². The lowest BCUT2D eigenvalue weighted by molar-refractivity contribution is 0.270. The highest BCUT2D eigenvalue weighted by molar-refractivity contribution is 9.10. The van der Waals surface area contributed by atoms with Crippen molar-refractivity contribution < 1.29 is 13.2 Å². The number of halogens is 1. The molecule has 4 nitrogen and oxygen atoms in total. The second-order valence-electron chi connectivity index (χ2n) is 3.68. The van der Waals surface area contributed by atoms with Gasteiger partial charge in [-0.1, -0.05) is 19.1 Å². The van der Waals surface area contributed by atoms with Gasteiger partial charge < -0.3 is 4.74 Å². The van der Waals surface area contributed by atoms with Gasteiger partial charge in [-0.3, -0.25) is 0 Å². The number of rotatable bonds is 5. The predicted octanol–water partition coefficient (Wildman–Crippen LogP) is 1.75. The number of hydrogen-bond acceptors (Lipinski definition) is 3. The molecular weight excluding hydrogens is 294 g/mol. The van der Waals surface area contributed by atoms with Crippen molar-refractivity contribution in [1.29, 1.82) is 0 Å². The first kappa shape index (κ1) is 13.5. The van der Waals surface area contributed by atoms with Crippen molar-refractivity contribution in [3.8, 4) is 5.75 Å². The highest BCUT2D eigenvalue weighted by atomic mass is 79.9. The number of primary sulfonamides is 1. The molecule has 2 N–H and O–H groups in total. The second kappa shape index (κ2) is 5.65. The van der Waals surface area contributed by atoms with Crippen molar-refractivity contribution in [3.05, 3.63) is 28.7 Å². The summed E-state index contributed by atoms with van der Waals surface area (Å²) in [6.45, 7) is 2.10. The van der Waals surface area contributed by atoms with Crippen molar-refractivity contribution in [2.45, 2.75) is 6.92 Å². The molecule has 0 bridgehead atoms. The Labute approximate surface area is 104 Å². The van der Waals surface area contributed by atoms with E-state index in [9.17, 15) is 8.42 Å². The maximum absolute atomic E-state index is 10.8. The number of benzene rings is 1. The van der Waals surface area contributed by atoms with Gasteiger partial charge in [-0.25, -0.2) is 13.6 Å². The van der Waals surface area contributed by atoms with Crippen LogP contribution < -0.4 is 9.88 Å². The van der Waals surface area contributed by atoms with Gasteiger partial charge in [0.05, 0.1) is 16.8 Å². The van der Waals surface area contributed by atoms with E-state index in [0.717, 1.165) is 4.47 Å². The van der Waals surface area contributed by atoms with Gasteiger partial charge >= 0.3 is 0 Å². The molecule has 0 saturated heterocycles. The summed E-state index contributed by atoms with van der Waals surface area (Å²) in [6.07, 6.45) is 0. The first-order valence-electron chi connectivity index (χ1n) is 4.76. The SMILES string of the molecule is CC(COc1ccccc1Br)CS(N)(=O)=O. The first-order valence-corrected chi connectivity index (χ1v) is 7.27. The average molecular weight is 308 g/mol. The van der Waals surface area contributed by atoms with Crippen LogP contribution in [-0.2, 0) is 10.0 Å². The number of para-hydroxylation sites is 1. The lowest BCUT2D eigenvalue weighted by Gasteiger charge is -2.12. The molecular formula is C10H14BrNO3S. The predicted molar refractivity (Wildman–Crippen MR) is 66.8 cm³/mol. The van der Waals surface area contributed by atoms with Crippen molar-refractivity contribution in [2.75, 3.05) is 12.4 Å². The molecule has 0 aliphatic rings. The van der Waals surface area contributed by atoms with Gasteiger partial charge in [-0.05, 0) is 28.1 Å². The molecule has 0 aliphatic heterocycles. The van der Waals surface area contributed by atoms with Crippen LogP contribution in [0.5, 0.6) is 5.75 Å². The second-order valence-corrected chi connectivity index (χ2v) is 6.19. The first-order chi connectivity index (χ1) is 7.38. The van der Waals surface area contributed by atoms with E-state index >= 15 is 0 Å². The zero-order chi connectivity index (χ0) is 12.2. The molecule has 6 heteroatoms. The Balaban J connectivity index is 2.49. The molecule has 0 fully saturated rings. The van der Waals surface area contributed by atoms with E-state index in [1.165, 1.54) is 0 Å². The van der Waals surface area contributed by atoms with Crippen molar-refractivity contribution in [3.63, 3.8) is 0 Å². The minimum atomic E-state index is -3.43. The third kappa shape index (κ3) is 4.96. The summed E-state index contributed by atoms with van der Waals surface area (Å²) in [5, 5.41) is 4.94. The largest absolute Gasteiger partial charge is 0.492 e. The van der Waals surface area contributed by atoms with Crippen LogP contribution in [0.4, 0.5) is 0 Å². The third-order valence-corrected chi connectivity index (χ3v) is 3.57. The molecule has 90 valence electrons. The molecule has 0 amide bonds. The van der Waals surface area contributed by atoms with Crippen LogP contribution in [0, 0.1) is 5.92 Å². The molecule has 1 unspecified atom stereocenters. The maximum atomic E-state index is 10.8. The molecule has 0 heterocycles. The van der Waals surface area contributed by atoms with Crippen molar-refractivity contribution >= 4 is 26.0 Å². The van der Waals surface area contributed by atoms with Gasteiger partial charge in [0, 0.05) is 5.92 Å². The topological polar surface area (TPSA) is 69.4 Å². The van der Waals surface area contributed by atoms with Crippen molar-refractivity contribution in [1.82, 2.24) is 0 Å². The maximum Gasteiger partial charge on any atom is 0.209 e. The third-order valence-electron chi connectivity index (χ3n) is 1.88. The Morgan fingerprint density at radius 1 is 1.44 bits per heavy atom. The van der Waals surface area contributed by atoms with Gasteiger partial charge in [0.1, 0.15) is 5.75 Å². The summed E-state index contributed by atoms with van der Waals surface area (Å²) in [5.41, 5.74) is 0. The molecule has 16 heavy (non-hydrogen) atoms. The fraction of sp³-hybridized carbons (Fsp3) is 0.400. The van der Waals surface area contributed by atoms with Crippen LogP contribution in [0.15, 0.2) is 28.7 Å². The highest BCUT2D eigenvalue weighted by Crippen LogP contribution is 2.24. The number of nitrogens with two attached hydrogens (primary N) is 1. The minimum absolute atomic E-state index is 0.0720. The smallest absolute Gasteiger partial charge is 0.209 e. The van der Waals surface area contributed by atoms with Gasteiger partial charge in [0.15, 0.2) is 0 Å². The molecule has 0 aromatic heterocycles. The van der Waals surface area contributed by atoms with Crippen molar-refractivity contribution in [2.24, 2.45) is 11.1 Å². The van der Waals surface area contributed by atoms with E-state index in [0.29, 0.717) is 12.4 Å². The molecule has 1 aromatic rings. The number of sulfonamides is 1.